The molecule has 4 aromatic rings. The molecular formula is C32H38N4O5S2. The lowest BCUT2D eigenvalue weighted by Gasteiger charge is -2.14. The topological polar surface area (TPSA) is 97.2 Å². The summed E-state index contributed by atoms with van der Waals surface area (Å²) in [5.41, 5.74) is 2.23. The van der Waals surface area contributed by atoms with Crippen LogP contribution in [-0.2, 0) is 42.4 Å². The molecule has 2 aromatic heterocycles. The van der Waals surface area contributed by atoms with Crippen molar-refractivity contribution in [3.05, 3.63) is 137 Å². The zero-order valence-corrected chi connectivity index (χ0v) is 26.3. The first-order valence-corrected chi connectivity index (χ1v) is 16.6. The van der Waals surface area contributed by atoms with Gasteiger partial charge in [-0.15, -0.1) is 0 Å². The largest absolute Gasteiger partial charge is 0.378 e. The van der Waals surface area contributed by atoms with Gasteiger partial charge in [-0.05, 0) is 25.0 Å². The van der Waals surface area contributed by atoms with E-state index in [1.165, 1.54) is 32.4 Å². The maximum absolute atomic E-state index is 13.1. The lowest BCUT2D eigenvalue weighted by Crippen LogP contribution is -2.42. The van der Waals surface area contributed by atoms with Gasteiger partial charge in [0.05, 0.1) is 26.3 Å². The van der Waals surface area contributed by atoms with Gasteiger partial charge in [0.1, 0.15) is 0 Å². The summed E-state index contributed by atoms with van der Waals surface area (Å²) in [4.78, 5) is 51.3. The molecule has 0 unspecified atom stereocenters. The summed E-state index contributed by atoms with van der Waals surface area (Å²) in [6, 6.07) is 23.2. The molecule has 4 rings (SSSR count). The number of aromatic nitrogens is 4. The van der Waals surface area contributed by atoms with E-state index in [4.69, 9.17) is 4.74 Å². The van der Waals surface area contributed by atoms with Crippen molar-refractivity contribution in [2.24, 2.45) is 0 Å². The Labute approximate surface area is 259 Å². The van der Waals surface area contributed by atoms with E-state index < -0.39 is 0 Å². The average Bonchev–Trinajstić information content (AvgIpc) is 2.99. The molecule has 0 bridgehead atoms. The quantitative estimate of drug-likeness (QED) is 0.177. The lowest BCUT2D eigenvalue weighted by molar-refractivity contribution is 0.115. The molecule has 0 saturated carbocycles. The predicted octanol–water partition coefficient (Wildman–Crippen LogP) is 3.53. The SMILES string of the molecule is Cc1cc(=O)n(CCOCCn2c(=O)cc(C)n(CCSCc3ccccc3)c2=O)c(=O)n1CCSCc1ccccc1. The Morgan fingerprint density at radius 1 is 0.558 bits per heavy atom. The number of benzene rings is 2. The van der Waals surface area contributed by atoms with Crippen molar-refractivity contribution in [1.29, 1.82) is 0 Å². The number of hydrogen-bond acceptors (Lipinski definition) is 7. The molecule has 0 spiro atoms. The summed E-state index contributed by atoms with van der Waals surface area (Å²) in [5, 5.41) is 0. The summed E-state index contributed by atoms with van der Waals surface area (Å²) in [6.45, 7) is 4.89. The van der Waals surface area contributed by atoms with Crippen molar-refractivity contribution in [3.63, 3.8) is 0 Å². The Bertz CT molecular complexity index is 1590. The molecule has 2 aromatic carbocycles. The zero-order chi connectivity index (χ0) is 30.6. The van der Waals surface area contributed by atoms with Crippen molar-refractivity contribution in [1.82, 2.24) is 18.3 Å². The van der Waals surface area contributed by atoms with E-state index in [9.17, 15) is 19.2 Å². The van der Waals surface area contributed by atoms with Crippen LogP contribution in [0.3, 0.4) is 0 Å². The maximum atomic E-state index is 13.1. The van der Waals surface area contributed by atoms with E-state index in [-0.39, 0.29) is 48.8 Å². The molecule has 0 fully saturated rings. The number of thioether (sulfide) groups is 2. The van der Waals surface area contributed by atoms with Gasteiger partial charge >= 0.3 is 11.4 Å². The molecule has 0 saturated heterocycles. The minimum absolute atomic E-state index is 0.0841. The standard InChI is InChI=1S/C32H38N4O5S2/c1-25-21-29(37)35(31(39)33(25)15-19-42-23-27-9-5-3-6-10-27)13-17-41-18-14-36-30(38)22-26(2)34(32(36)40)16-20-43-24-28-11-7-4-8-12-28/h3-12,21-22H,13-20,23-24H2,1-2H3. The Balaban J connectivity index is 1.27. The first kappa shape index (κ1) is 32.4. The second-order valence-electron chi connectivity index (χ2n) is 10.1. The fraction of sp³-hybridized carbons (Fsp3) is 0.375. The molecule has 0 N–H and O–H groups in total. The highest BCUT2D eigenvalue weighted by molar-refractivity contribution is 7.98. The molecule has 0 aliphatic rings. The monoisotopic (exact) mass is 622 g/mol. The molecule has 0 aliphatic heterocycles. The summed E-state index contributed by atoms with van der Waals surface area (Å²) < 4.78 is 11.3. The van der Waals surface area contributed by atoms with E-state index in [0.717, 1.165) is 23.0 Å². The molecule has 11 heteroatoms. The average molecular weight is 623 g/mol. The third-order valence-electron chi connectivity index (χ3n) is 7.03. The van der Waals surface area contributed by atoms with Gasteiger partial charge in [0.25, 0.3) is 11.1 Å². The summed E-state index contributed by atoms with van der Waals surface area (Å²) >= 11 is 3.46. The fourth-order valence-corrected chi connectivity index (χ4v) is 6.43. The van der Waals surface area contributed by atoms with Crippen LogP contribution in [-0.4, -0.2) is 43.0 Å². The highest BCUT2D eigenvalue weighted by Crippen LogP contribution is 2.13. The van der Waals surface area contributed by atoms with Crippen LogP contribution >= 0.6 is 23.5 Å². The third-order valence-corrected chi connectivity index (χ3v) is 9.05. The summed E-state index contributed by atoms with van der Waals surface area (Å²) in [5.74, 6) is 3.17. The van der Waals surface area contributed by atoms with Gasteiger partial charge in [-0.1, -0.05) is 60.7 Å². The van der Waals surface area contributed by atoms with E-state index in [0.29, 0.717) is 24.5 Å². The third kappa shape index (κ3) is 9.22. The van der Waals surface area contributed by atoms with Crippen LogP contribution in [0.1, 0.15) is 22.5 Å². The number of rotatable bonds is 16. The summed E-state index contributed by atoms with van der Waals surface area (Å²) in [7, 11) is 0. The van der Waals surface area contributed by atoms with Gasteiger partial charge in [0.15, 0.2) is 0 Å². The van der Waals surface area contributed by atoms with Crippen LogP contribution in [0.4, 0.5) is 0 Å². The van der Waals surface area contributed by atoms with Crippen LogP contribution in [0.5, 0.6) is 0 Å². The van der Waals surface area contributed by atoms with Crippen LogP contribution in [0.15, 0.2) is 92.0 Å². The smallest absolute Gasteiger partial charge is 0.331 e. The zero-order valence-electron chi connectivity index (χ0n) is 24.6. The van der Waals surface area contributed by atoms with Crippen molar-refractivity contribution in [2.75, 3.05) is 24.7 Å². The van der Waals surface area contributed by atoms with E-state index >= 15 is 0 Å². The minimum atomic E-state index is -0.373. The van der Waals surface area contributed by atoms with Crippen LogP contribution in [0.25, 0.3) is 0 Å². The molecule has 228 valence electrons. The molecular weight excluding hydrogens is 585 g/mol. The van der Waals surface area contributed by atoms with Crippen molar-refractivity contribution < 1.29 is 4.74 Å². The molecule has 43 heavy (non-hydrogen) atoms. The van der Waals surface area contributed by atoms with Gasteiger partial charge in [0, 0.05) is 59.6 Å². The number of nitrogens with zero attached hydrogens (tertiary/aromatic N) is 4. The van der Waals surface area contributed by atoms with Gasteiger partial charge in [-0.3, -0.25) is 27.9 Å². The van der Waals surface area contributed by atoms with Crippen molar-refractivity contribution in [2.45, 2.75) is 51.5 Å². The molecule has 9 nitrogen and oxygen atoms in total. The summed E-state index contributed by atoms with van der Waals surface area (Å²) in [6.07, 6.45) is 0. The van der Waals surface area contributed by atoms with Gasteiger partial charge in [-0.2, -0.15) is 23.5 Å². The Kier molecular flexibility index (Phi) is 12.3. The Morgan fingerprint density at radius 2 is 0.953 bits per heavy atom. The minimum Gasteiger partial charge on any atom is -0.378 e. The highest BCUT2D eigenvalue weighted by Gasteiger charge is 2.11. The molecule has 0 radical (unpaired) electrons. The number of aryl methyl sites for hydroxylation is 2. The molecule has 0 atom stereocenters. The van der Waals surface area contributed by atoms with Gasteiger partial charge in [-0.25, -0.2) is 9.59 Å². The number of hydrogen-bond donors (Lipinski definition) is 0. The highest BCUT2D eigenvalue weighted by atomic mass is 32.2. The second-order valence-corrected chi connectivity index (χ2v) is 12.3. The van der Waals surface area contributed by atoms with Crippen LogP contribution < -0.4 is 22.5 Å². The van der Waals surface area contributed by atoms with E-state index in [2.05, 4.69) is 24.3 Å². The molecule has 0 aliphatic carbocycles. The van der Waals surface area contributed by atoms with Gasteiger partial charge < -0.3 is 4.74 Å². The second kappa shape index (κ2) is 16.3. The maximum Gasteiger partial charge on any atom is 0.331 e. The Hall–Kier alpha value is -3.54. The van der Waals surface area contributed by atoms with Gasteiger partial charge in [0.2, 0.25) is 0 Å². The fourth-order valence-electron chi connectivity index (χ4n) is 4.66. The van der Waals surface area contributed by atoms with Crippen LogP contribution in [0.2, 0.25) is 0 Å². The lowest BCUT2D eigenvalue weighted by atomic mass is 10.2. The van der Waals surface area contributed by atoms with Crippen LogP contribution in [0, 0.1) is 13.8 Å². The Morgan fingerprint density at radius 3 is 1.35 bits per heavy atom. The van der Waals surface area contributed by atoms with Crippen molar-refractivity contribution in [3.8, 4) is 0 Å². The van der Waals surface area contributed by atoms with Crippen molar-refractivity contribution >= 4 is 23.5 Å². The first-order chi connectivity index (χ1) is 20.8. The first-order valence-electron chi connectivity index (χ1n) is 14.3. The molecule has 2 heterocycles. The van der Waals surface area contributed by atoms with E-state index in [1.54, 1.807) is 46.5 Å². The number of ether oxygens (including phenoxy) is 1. The predicted molar refractivity (Wildman–Crippen MR) is 175 cm³/mol. The normalized spacial score (nSPS) is 11.2. The molecule has 0 amide bonds. The van der Waals surface area contributed by atoms with E-state index in [1.807, 2.05) is 36.4 Å².